The standard InChI is InChI=1S/C23H21F5N6O2S2/c1-2-3-8-19-18(21(37-31-19)32-38(35,36)23(27,28)22(24,25)26)13-14-9-11-15(12-10-14)16-6-4-5-7-17(16)20-29-33-34-30-20/h4-7,9-12,32H,2-3,8,13H2,1H3,(H,29,30,33,34). The van der Waals surface area contributed by atoms with Crippen LogP contribution in [0.5, 0.6) is 0 Å². The van der Waals surface area contributed by atoms with E-state index in [4.69, 9.17) is 0 Å². The van der Waals surface area contributed by atoms with Gasteiger partial charge in [-0.15, -0.1) is 10.2 Å². The van der Waals surface area contributed by atoms with E-state index in [0.29, 0.717) is 41.5 Å². The van der Waals surface area contributed by atoms with E-state index in [1.807, 2.05) is 31.2 Å². The molecule has 2 aromatic heterocycles. The first-order valence-electron chi connectivity index (χ1n) is 11.3. The number of anilines is 1. The molecule has 0 bridgehead atoms. The molecule has 0 saturated heterocycles. The van der Waals surface area contributed by atoms with Crippen LogP contribution in [0, 0.1) is 0 Å². The summed E-state index contributed by atoms with van der Waals surface area (Å²) < 4.78 is 95.3. The van der Waals surface area contributed by atoms with Crippen molar-refractivity contribution in [1.82, 2.24) is 25.0 Å². The average molecular weight is 573 g/mol. The average Bonchev–Trinajstić information content (AvgIpc) is 3.53. The smallest absolute Gasteiger partial charge is 0.267 e. The summed E-state index contributed by atoms with van der Waals surface area (Å²) in [5, 5.41) is 7.67. The first-order valence-corrected chi connectivity index (χ1v) is 13.6. The summed E-state index contributed by atoms with van der Waals surface area (Å²) in [7, 11) is -6.12. The molecule has 2 aromatic carbocycles. The molecule has 0 saturated carbocycles. The van der Waals surface area contributed by atoms with Gasteiger partial charge >= 0.3 is 21.5 Å². The number of benzene rings is 2. The molecule has 0 radical (unpaired) electrons. The van der Waals surface area contributed by atoms with Crippen LogP contribution in [0.4, 0.5) is 27.0 Å². The van der Waals surface area contributed by atoms with Crippen LogP contribution in [0.3, 0.4) is 0 Å². The maximum atomic E-state index is 13.7. The minimum Gasteiger partial charge on any atom is -0.267 e. The number of alkyl halides is 5. The van der Waals surface area contributed by atoms with Crippen molar-refractivity contribution in [2.24, 2.45) is 0 Å². The largest absolute Gasteiger partial charge is 0.471 e. The SMILES string of the molecule is CCCCc1nsc(NS(=O)(=O)C(F)(F)C(F)(F)F)c1Cc1ccc(-c2ccccc2-c2nn[nH]n2)cc1. The zero-order valence-electron chi connectivity index (χ0n) is 19.8. The monoisotopic (exact) mass is 572 g/mol. The van der Waals surface area contributed by atoms with Crippen molar-refractivity contribution in [3.63, 3.8) is 0 Å². The maximum Gasteiger partial charge on any atom is 0.471 e. The molecule has 0 aliphatic carbocycles. The zero-order valence-corrected chi connectivity index (χ0v) is 21.4. The molecule has 0 amide bonds. The van der Waals surface area contributed by atoms with Gasteiger partial charge in [0.1, 0.15) is 5.00 Å². The Labute approximate surface area is 218 Å². The highest BCUT2D eigenvalue weighted by Crippen LogP contribution is 2.42. The third-order valence-electron chi connectivity index (χ3n) is 5.69. The lowest BCUT2D eigenvalue weighted by molar-refractivity contribution is -0.241. The van der Waals surface area contributed by atoms with Crippen molar-refractivity contribution in [2.75, 3.05) is 4.72 Å². The highest BCUT2D eigenvalue weighted by molar-refractivity contribution is 7.94. The van der Waals surface area contributed by atoms with E-state index in [0.717, 1.165) is 23.1 Å². The van der Waals surface area contributed by atoms with Crippen LogP contribution in [-0.2, 0) is 22.9 Å². The van der Waals surface area contributed by atoms with E-state index in [1.54, 1.807) is 24.3 Å². The van der Waals surface area contributed by atoms with Crippen LogP contribution < -0.4 is 4.72 Å². The van der Waals surface area contributed by atoms with Crippen LogP contribution in [0.15, 0.2) is 48.5 Å². The van der Waals surface area contributed by atoms with Gasteiger partial charge < -0.3 is 0 Å². The van der Waals surface area contributed by atoms with Gasteiger partial charge in [0.25, 0.3) is 0 Å². The van der Waals surface area contributed by atoms with Crippen LogP contribution >= 0.6 is 11.5 Å². The Balaban J connectivity index is 1.64. The van der Waals surface area contributed by atoms with Crippen molar-refractivity contribution in [1.29, 1.82) is 0 Å². The normalized spacial score (nSPS) is 12.6. The van der Waals surface area contributed by atoms with Crippen molar-refractivity contribution < 1.29 is 30.4 Å². The Morgan fingerprint density at radius 1 is 1.00 bits per heavy atom. The third-order valence-corrected chi connectivity index (χ3v) is 8.04. The molecule has 0 aliphatic rings. The van der Waals surface area contributed by atoms with Crippen molar-refractivity contribution in [3.8, 4) is 22.5 Å². The summed E-state index contributed by atoms with van der Waals surface area (Å²) >= 11 is 0.536. The first-order chi connectivity index (χ1) is 17.9. The molecule has 38 heavy (non-hydrogen) atoms. The summed E-state index contributed by atoms with van der Waals surface area (Å²) in [5.74, 6) is 0.405. The highest BCUT2D eigenvalue weighted by Gasteiger charge is 2.67. The number of aromatic amines is 1. The molecule has 4 aromatic rings. The predicted molar refractivity (Wildman–Crippen MR) is 132 cm³/mol. The Morgan fingerprint density at radius 2 is 1.68 bits per heavy atom. The van der Waals surface area contributed by atoms with Crippen LogP contribution in [-0.4, -0.2) is 44.8 Å². The lowest BCUT2D eigenvalue weighted by Crippen LogP contribution is -2.46. The number of nitrogens with one attached hydrogen (secondary N) is 2. The Bertz CT molecular complexity index is 1490. The van der Waals surface area contributed by atoms with Crippen LogP contribution in [0.2, 0.25) is 0 Å². The van der Waals surface area contributed by atoms with Crippen molar-refractivity contribution in [3.05, 3.63) is 65.4 Å². The molecule has 0 unspecified atom stereocenters. The van der Waals surface area contributed by atoms with Crippen LogP contribution in [0.1, 0.15) is 36.6 Å². The second-order valence-electron chi connectivity index (χ2n) is 8.32. The molecule has 202 valence electrons. The fraction of sp³-hybridized carbons (Fsp3) is 0.304. The van der Waals surface area contributed by atoms with E-state index in [1.165, 1.54) is 4.72 Å². The summed E-state index contributed by atoms with van der Waals surface area (Å²) in [6, 6.07) is 14.5. The molecule has 0 atom stereocenters. The van der Waals surface area contributed by atoms with Crippen LogP contribution in [0.25, 0.3) is 22.5 Å². The number of aromatic nitrogens is 5. The van der Waals surface area contributed by atoms with E-state index in [-0.39, 0.29) is 17.0 Å². The van der Waals surface area contributed by atoms with Gasteiger partial charge in [-0.25, -0.2) is 0 Å². The number of halogens is 5. The van der Waals surface area contributed by atoms with E-state index < -0.39 is 21.5 Å². The van der Waals surface area contributed by atoms with Gasteiger partial charge in [-0.3, -0.25) is 4.72 Å². The third kappa shape index (κ3) is 5.53. The number of hydrogen-bond acceptors (Lipinski definition) is 7. The highest BCUT2D eigenvalue weighted by atomic mass is 32.2. The van der Waals surface area contributed by atoms with Crippen molar-refractivity contribution >= 4 is 26.6 Å². The Hall–Kier alpha value is -3.46. The van der Waals surface area contributed by atoms with Gasteiger partial charge in [-0.1, -0.05) is 61.9 Å². The summed E-state index contributed by atoms with van der Waals surface area (Å²) in [4.78, 5) is 0. The molecular weight excluding hydrogens is 551 g/mol. The van der Waals surface area contributed by atoms with Gasteiger partial charge in [0, 0.05) is 17.5 Å². The molecule has 8 nitrogen and oxygen atoms in total. The zero-order chi connectivity index (χ0) is 27.6. The summed E-state index contributed by atoms with van der Waals surface area (Å²) in [6.07, 6.45) is -4.35. The van der Waals surface area contributed by atoms with Gasteiger partial charge in [0.15, 0.2) is 0 Å². The van der Waals surface area contributed by atoms with Crippen molar-refractivity contribution in [2.45, 2.75) is 44.0 Å². The Morgan fingerprint density at radius 3 is 2.29 bits per heavy atom. The Kier molecular flexibility index (Phi) is 7.78. The molecule has 0 spiro atoms. The second-order valence-corrected chi connectivity index (χ2v) is 10.8. The first kappa shape index (κ1) is 27.6. The minimum absolute atomic E-state index is 0.0672. The lowest BCUT2D eigenvalue weighted by atomic mass is 9.96. The predicted octanol–water partition coefficient (Wildman–Crippen LogP) is 5.82. The molecule has 0 aliphatic heterocycles. The fourth-order valence-corrected chi connectivity index (χ4v) is 5.68. The number of sulfonamides is 1. The lowest BCUT2D eigenvalue weighted by Gasteiger charge is -2.20. The summed E-state index contributed by atoms with van der Waals surface area (Å²) in [6.45, 7) is 1.92. The molecule has 2 heterocycles. The van der Waals surface area contributed by atoms with Gasteiger partial charge in [0.2, 0.25) is 5.82 Å². The summed E-state index contributed by atoms with van der Waals surface area (Å²) in [5.41, 5.74) is 3.74. The van der Waals surface area contributed by atoms with Gasteiger partial charge in [-0.05, 0) is 46.3 Å². The number of hydrogen-bond donors (Lipinski definition) is 2. The second kappa shape index (κ2) is 10.7. The van der Waals surface area contributed by atoms with E-state index in [2.05, 4.69) is 25.0 Å². The molecule has 15 heteroatoms. The number of aryl methyl sites for hydroxylation is 1. The molecule has 2 N–H and O–H groups in total. The number of unbranched alkanes of at least 4 members (excludes halogenated alkanes) is 1. The quantitative estimate of drug-likeness (QED) is 0.232. The fourth-order valence-electron chi connectivity index (χ4n) is 3.70. The van der Waals surface area contributed by atoms with E-state index in [9.17, 15) is 30.4 Å². The van der Waals surface area contributed by atoms with E-state index >= 15 is 0 Å². The number of tetrazole rings is 1. The number of rotatable bonds is 10. The maximum absolute atomic E-state index is 13.7. The topological polar surface area (TPSA) is 114 Å². The molecular formula is C23H21F5N6O2S2. The molecule has 4 rings (SSSR count). The van der Waals surface area contributed by atoms with Gasteiger partial charge in [0.05, 0.1) is 5.69 Å². The van der Waals surface area contributed by atoms with Gasteiger partial charge in [-0.2, -0.15) is 40.0 Å². The number of H-pyrrole nitrogens is 1. The number of nitrogens with zero attached hydrogens (tertiary/aromatic N) is 4. The molecule has 0 fully saturated rings. The minimum atomic E-state index is -6.28.